The van der Waals surface area contributed by atoms with Crippen molar-refractivity contribution in [1.82, 2.24) is 5.16 Å². The van der Waals surface area contributed by atoms with E-state index in [1.165, 1.54) is 0 Å². The first-order chi connectivity index (χ1) is 9.06. The first kappa shape index (κ1) is 11.8. The van der Waals surface area contributed by atoms with Gasteiger partial charge in [-0.25, -0.2) is 4.79 Å². The molecule has 2 aromatic rings. The van der Waals surface area contributed by atoms with Gasteiger partial charge < -0.3 is 14.4 Å². The fourth-order valence-corrected chi connectivity index (χ4v) is 2.44. The van der Waals surface area contributed by atoms with E-state index >= 15 is 0 Å². The number of carboxylic acid groups (broad SMARTS) is 1. The van der Waals surface area contributed by atoms with Crippen LogP contribution in [0, 0.1) is 13.8 Å². The Bertz CT molecular complexity index is 640. The molecule has 1 atom stereocenters. The molecule has 19 heavy (non-hydrogen) atoms. The van der Waals surface area contributed by atoms with Crippen LogP contribution < -0.4 is 4.74 Å². The molecular formula is C14H13NO4. The highest BCUT2D eigenvalue weighted by atomic mass is 16.5. The molecule has 0 amide bonds. The molecule has 0 saturated carbocycles. The molecule has 0 saturated heterocycles. The standard InChI is InChI=1S/C14H13NO4/c1-7-13(8(2)19-15-7)9-3-4-11-10(5-9)6-12(18-11)14(16)17/h3-5,12H,6H2,1-2H3,(H,16,17). The number of aryl methyl sites for hydroxylation is 2. The molecule has 0 spiro atoms. The van der Waals surface area contributed by atoms with Crippen molar-refractivity contribution in [1.29, 1.82) is 0 Å². The molecule has 3 rings (SSSR count). The molecule has 0 fully saturated rings. The van der Waals surface area contributed by atoms with Gasteiger partial charge in [0.05, 0.1) is 5.69 Å². The number of hydrogen-bond donors (Lipinski definition) is 1. The van der Waals surface area contributed by atoms with Gasteiger partial charge in [0.1, 0.15) is 11.5 Å². The number of ether oxygens (including phenoxy) is 1. The van der Waals surface area contributed by atoms with E-state index in [9.17, 15) is 4.79 Å². The molecule has 0 radical (unpaired) electrons. The van der Waals surface area contributed by atoms with Gasteiger partial charge in [-0.1, -0.05) is 11.2 Å². The minimum Gasteiger partial charge on any atom is -0.478 e. The quantitative estimate of drug-likeness (QED) is 0.896. The summed E-state index contributed by atoms with van der Waals surface area (Å²) in [6, 6.07) is 5.65. The second-order valence-corrected chi connectivity index (χ2v) is 4.67. The van der Waals surface area contributed by atoms with Gasteiger partial charge in [-0.15, -0.1) is 0 Å². The smallest absolute Gasteiger partial charge is 0.345 e. The van der Waals surface area contributed by atoms with Crippen LogP contribution in [0.25, 0.3) is 11.1 Å². The largest absolute Gasteiger partial charge is 0.478 e. The van der Waals surface area contributed by atoms with E-state index in [0.717, 1.165) is 28.1 Å². The van der Waals surface area contributed by atoms with Crippen molar-refractivity contribution in [2.24, 2.45) is 0 Å². The highest BCUT2D eigenvalue weighted by Crippen LogP contribution is 2.35. The Balaban J connectivity index is 2.01. The van der Waals surface area contributed by atoms with E-state index < -0.39 is 12.1 Å². The van der Waals surface area contributed by atoms with Gasteiger partial charge >= 0.3 is 5.97 Å². The Morgan fingerprint density at radius 2 is 2.21 bits per heavy atom. The Morgan fingerprint density at radius 1 is 1.42 bits per heavy atom. The van der Waals surface area contributed by atoms with Crippen molar-refractivity contribution >= 4 is 5.97 Å². The fourth-order valence-electron chi connectivity index (χ4n) is 2.44. The maximum atomic E-state index is 10.9. The monoisotopic (exact) mass is 259 g/mol. The number of aromatic nitrogens is 1. The average molecular weight is 259 g/mol. The Labute approximate surface area is 109 Å². The number of fused-ring (bicyclic) bond motifs is 1. The third-order valence-electron chi connectivity index (χ3n) is 3.33. The lowest BCUT2D eigenvalue weighted by Gasteiger charge is -2.04. The normalized spacial score (nSPS) is 17.1. The molecule has 2 heterocycles. The molecule has 1 aromatic heterocycles. The maximum Gasteiger partial charge on any atom is 0.345 e. The van der Waals surface area contributed by atoms with Crippen LogP contribution in [0.5, 0.6) is 5.75 Å². The van der Waals surface area contributed by atoms with Gasteiger partial charge in [0.25, 0.3) is 0 Å². The van der Waals surface area contributed by atoms with Crippen LogP contribution in [0.2, 0.25) is 0 Å². The average Bonchev–Trinajstić information content (AvgIpc) is 2.92. The number of carboxylic acids is 1. The number of carbonyl (C=O) groups is 1. The summed E-state index contributed by atoms with van der Waals surface area (Å²) in [5.74, 6) is 0.462. The molecule has 5 heteroatoms. The van der Waals surface area contributed by atoms with Crippen molar-refractivity contribution in [2.45, 2.75) is 26.4 Å². The van der Waals surface area contributed by atoms with Crippen LogP contribution in [0.4, 0.5) is 0 Å². The van der Waals surface area contributed by atoms with Gasteiger partial charge in [0.15, 0.2) is 6.10 Å². The summed E-state index contributed by atoms with van der Waals surface area (Å²) in [5, 5.41) is 12.9. The van der Waals surface area contributed by atoms with E-state index in [1.807, 2.05) is 26.0 Å². The summed E-state index contributed by atoms with van der Waals surface area (Å²) in [4.78, 5) is 10.9. The molecule has 1 aliphatic heterocycles. The number of benzene rings is 1. The maximum absolute atomic E-state index is 10.9. The summed E-state index contributed by atoms with van der Waals surface area (Å²) < 4.78 is 10.5. The Kier molecular flexibility index (Phi) is 2.55. The van der Waals surface area contributed by atoms with E-state index in [-0.39, 0.29) is 0 Å². The minimum atomic E-state index is -0.935. The van der Waals surface area contributed by atoms with Crippen molar-refractivity contribution < 1.29 is 19.2 Å². The van der Waals surface area contributed by atoms with Gasteiger partial charge in [0, 0.05) is 12.0 Å². The van der Waals surface area contributed by atoms with E-state index in [2.05, 4.69) is 5.16 Å². The van der Waals surface area contributed by atoms with Crippen LogP contribution in [-0.2, 0) is 11.2 Å². The second kappa shape index (κ2) is 4.12. The van der Waals surface area contributed by atoms with E-state index in [4.69, 9.17) is 14.4 Å². The van der Waals surface area contributed by atoms with Crippen molar-refractivity contribution in [3.63, 3.8) is 0 Å². The number of rotatable bonds is 2. The summed E-state index contributed by atoms with van der Waals surface area (Å²) in [7, 11) is 0. The Hall–Kier alpha value is -2.30. The molecule has 1 unspecified atom stereocenters. The lowest BCUT2D eigenvalue weighted by Crippen LogP contribution is -2.24. The van der Waals surface area contributed by atoms with Crippen molar-refractivity contribution in [3.8, 4) is 16.9 Å². The highest BCUT2D eigenvalue weighted by molar-refractivity contribution is 5.76. The zero-order chi connectivity index (χ0) is 13.6. The van der Waals surface area contributed by atoms with Crippen LogP contribution in [0.1, 0.15) is 17.0 Å². The fraction of sp³-hybridized carbons (Fsp3) is 0.286. The van der Waals surface area contributed by atoms with Crippen LogP contribution in [0.3, 0.4) is 0 Å². The predicted octanol–water partition coefficient (Wildman–Crippen LogP) is 2.35. The molecule has 1 aliphatic rings. The Morgan fingerprint density at radius 3 is 2.84 bits per heavy atom. The molecular weight excluding hydrogens is 246 g/mol. The van der Waals surface area contributed by atoms with Crippen molar-refractivity contribution in [2.75, 3.05) is 0 Å². The number of aliphatic carboxylic acids is 1. The summed E-state index contributed by atoms with van der Waals surface area (Å²) in [6.07, 6.45) is -0.392. The third kappa shape index (κ3) is 1.87. The van der Waals surface area contributed by atoms with Crippen molar-refractivity contribution in [3.05, 3.63) is 35.2 Å². The first-order valence-electron chi connectivity index (χ1n) is 6.02. The topological polar surface area (TPSA) is 72.6 Å². The van der Waals surface area contributed by atoms with Crippen LogP contribution >= 0.6 is 0 Å². The molecule has 0 aliphatic carbocycles. The summed E-state index contributed by atoms with van der Waals surface area (Å²) >= 11 is 0. The number of nitrogens with zero attached hydrogens (tertiary/aromatic N) is 1. The third-order valence-corrected chi connectivity index (χ3v) is 3.33. The van der Waals surface area contributed by atoms with Gasteiger partial charge in [-0.05, 0) is 37.1 Å². The second-order valence-electron chi connectivity index (χ2n) is 4.67. The zero-order valence-electron chi connectivity index (χ0n) is 10.6. The number of hydrogen-bond acceptors (Lipinski definition) is 4. The van der Waals surface area contributed by atoms with E-state index in [1.54, 1.807) is 6.07 Å². The minimum absolute atomic E-state index is 0.391. The van der Waals surface area contributed by atoms with E-state index in [0.29, 0.717) is 12.2 Å². The lowest BCUT2D eigenvalue weighted by molar-refractivity contribution is -0.144. The van der Waals surface area contributed by atoms with Crippen LogP contribution in [0.15, 0.2) is 22.7 Å². The molecule has 1 aromatic carbocycles. The van der Waals surface area contributed by atoms with Crippen LogP contribution in [-0.4, -0.2) is 22.3 Å². The summed E-state index contributed by atoms with van der Waals surface area (Å²) in [5.41, 5.74) is 3.67. The molecule has 98 valence electrons. The highest BCUT2D eigenvalue weighted by Gasteiger charge is 2.29. The first-order valence-corrected chi connectivity index (χ1v) is 6.02. The SMILES string of the molecule is Cc1noc(C)c1-c1ccc2c(c1)CC(C(=O)O)O2. The molecule has 0 bridgehead atoms. The lowest BCUT2D eigenvalue weighted by atomic mass is 10.00. The molecule has 1 N–H and O–H groups in total. The molecule has 5 nitrogen and oxygen atoms in total. The van der Waals surface area contributed by atoms with Gasteiger partial charge in [-0.3, -0.25) is 0 Å². The predicted molar refractivity (Wildman–Crippen MR) is 67.2 cm³/mol. The van der Waals surface area contributed by atoms with Gasteiger partial charge in [-0.2, -0.15) is 0 Å². The zero-order valence-corrected chi connectivity index (χ0v) is 10.6. The van der Waals surface area contributed by atoms with Gasteiger partial charge in [0.2, 0.25) is 0 Å². The summed E-state index contributed by atoms with van der Waals surface area (Å²) in [6.45, 7) is 3.74.